The number of imide groups is 1. The summed E-state index contributed by atoms with van der Waals surface area (Å²) < 4.78 is 7.25. The van der Waals surface area contributed by atoms with Gasteiger partial charge in [0.15, 0.2) is 0 Å². The molecule has 202 valence electrons. The van der Waals surface area contributed by atoms with Crippen molar-refractivity contribution in [2.24, 2.45) is 5.92 Å². The van der Waals surface area contributed by atoms with Crippen LogP contribution in [0.2, 0.25) is 0 Å². The molecule has 0 saturated carbocycles. The van der Waals surface area contributed by atoms with E-state index in [1.807, 2.05) is 74.8 Å². The summed E-state index contributed by atoms with van der Waals surface area (Å²) in [5.41, 5.74) is 7.83. The number of carbonyl (C=O) groups is 2. The highest BCUT2D eigenvalue weighted by Crippen LogP contribution is 2.39. The number of hydrogen-bond acceptors (Lipinski definition) is 5. The van der Waals surface area contributed by atoms with Gasteiger partial charge in [-0.05, 0) is 66.6 Å². The molecule has 1 aromatic heterocycles. The first-order valence-corrected chi connectivity index (χ1v) is 13.9. The molecule has 0 radical (unpaired) electrons. The predicted octanol–water partition coefficient (Wildman–Crippen LogP) is 6.16. The highest BCUT2D eigenvalue weighted by molar-refractivity contribution is 6.17. The molecule has 2 amide bonds. The normalized spacial score (nSPS) is 16.9. The SMILES string of the molecule is CCn1nnc2c(C)c([C@H](c3ccc(C)c(CCl)c3)[C@@H](C)C(=O)N3C(=O)OCC3Cc3ccccc3)ccc21. The van der Waals surface area contributed by atoms with E-state index < -0.39 is 12.0 Å². The molecule has 3 aromatic carbocycles. The molecule has 0 N–H and O–H groups in total. The molecule has 0 aliphatic carbocycles. The number of hydrogen-bond donors (Lipinski definition) is 0. The third-order valence-corrected chi connectivity index (χ3v) is 8.18. The number of benzene rings is 3. The second kappa shape index (κ2) is 11.2. The summed E-state index contributed by atoms with van der Waals surface area (Å²) in [6.45, 7) is 8.87. The number of halogens is 1. The largest absolute Gasteiger partial charge is 0.447 e. The molecule has 1 fully saturated rings. The first-order chi connectivity index (χ1) is 18.8. The first kappa shape index (κ1) is 26.9. The zero-order chi connectivity index (χ0) is 27.7. The van der Waals surface area contributed by atoms with Crippen LogP contribution < -0.4 is 0 Å². The average Bonchev–Trinajstić information content (AvgIpc) is 3.54. The number of ether oxygens (including phenoxy) is 1. The highest BCUT2D eigenvalue weighted by Gasteiger charge is 2.42. The van der Waals surface area contributed by atoms with E-state index in [9.17, 15) is 9.59 Å². The molecule has 0 spiro atoms. The topological polar surface area (TPSA) is 77.3 Å². The van der Waals surface area contributed by atoms with Gasteiger partial charge in [0.05, 0.1) is 11.6 Å². The first-order valence-electron chi connectivity index (χ1n) is 13.4. The Morgan fingerprint density at radius 3 is 2.62 bits per heavy atom. The zero-order valence-corrected chi connectivity index (χ0v) is 23.5. The van der Waals surface area contributed by atoms with Gasteiger partial charge >= 0.3 is 6.09 Å². The van der Waals surface area contributed by atoms with Crippen molar-refractivity contribution in [2.45, 2.75) is 58.5 Å². The summed E-state index contributed by atoms with van der Waals surface area (Å²) >= 11 is 6.29. The third kappa shape index (κ3) is 5.03. The summed E-state index contributed by atoms with van der Waals surface area (Å²) in [6, 6.07) is 19.7. The van der Waals surface area contributed by atoms with Crippen molar-refractivity contribution in [3.63, 3.8) is 0 Å². The van der Waals surface area contributed by atoms with Crippen molar-refractivity contribution in [1.82, 2.24) is 19.9 Å². The summed E-state index contributed by atoms with van der Waals surface area (Å²) in [7, 11) is 0. The fourth-order valence-electron chi connectivity index (χ4n) is 5.65. The Morgan fingerprint density at radius 2 is 1.90 bits per heavy atom. The minimum Gasteiger partial charge on any atom is -0.447 e. The third-order valence-electron chi connectivity index (χ3n) is 7.90. The van der Waals surface area contributed by atoms with Crippen LogP contribution in [-0.2, 0) is 28.4 Å². The van der Waals surface area contributed by atoms with Gasteiger partial charge in [-0.2, -0.15) is 0 Å². The summed E-state index contributed by atoms with van der Waals surface area (Å²) in [4.78, 5) is 28.4. The van der Waals surface area contributed by atoms with Gasteiger partial charge in [-0.25, -0.2) is 14.4 Å². The van der Waals surface area contributed by atoms with Gasteiger partial charge in [-0.1, -0.05) is 66.7 Å². The molecule has 2 heterocycles. The number of fused-ring (bicyclic) bond motifs is 1. The van der Waals surface area contributed by atoms with E-state index in [2.05, 4.69) is 28.5 Å². The molecule has 1 saturated heterocycles. The van der Waals surface area contributed by atoms with E-state index in [4.69, 9.17) is 16.3 Å². The monoisotopic (exact) mass is 544 g/mol. The Morgan fingerprint density at radius 1 is 1.13 bits per heavy atom. The lowest BCUT2D eigenvalue weighted by molar-refractivity contribution is -0.133. The Bertz CT molecular complexity index is 1520. The number of nitrogens with zero attached hydrogens (tertiary/aromatic N) is 4. The summed E-state index contributed by atoms with van der Waals surface area (Å²) in [5, 5.41) is 8.75. The van der Waals surface area contributed by atoms with E-state index in [0.717, 1.165) is 44.4 Å². The molecular formula is C31H33ClN4O3. The van der Waals surface area contributed by atoms with Gasteiger partial charge in [-0.3, -0.25) is 4.79 Å². The maximum atomic E-state index is 14.2. The highest BCUT2D eigenvalue weighted by atomic mass is 35.5. The molecule has 1 aliphatic heterocycles. The number of aryl methyl sites for hydroxylation is 3. The van der Waals surface area contributed by atoms with E-state index in [0.29, 0.717) is 18.8 Å². The quantitative estimate of drug-likeness (QED) is 0.248. The Balaban J connectivity index is 1.57. The van der Waals surface area contributed by atoms with E-state index in [1.165, 1.54) is 4.90 Å². The van der Waals surface area contributed by atoms with Crippen LogP contribution in [0.25, 0.3) is 11.0 Å². The van der Waals surface area contributed by atoms with Crippen molar-refractivity contribution in [2.75, 3.05) is 6.61 Å². The second-order valence-corrected chi connectivity index (χ2v) is 10.5. The van der Waals surface area contributed by atoms with Crippen molar-refractivity contribution >= 4 is 34.6 Å². The van der Waals surface area contributed by atoms with Crippen LogP contribution in [0.3, 0.4) is 0 Å². The van der Waals surface area contributed by atoms with Crippen LogP contribution in [0.4, 0.5) is 4.79 Å². The van der Waals surface area contributed by atoms with Crippen molar-refractivity contribution in [3.8, 4) is 0 Å². The molecule has 7 nitrogen and oxygen atoms in total. The molecule has 1 aliphatic rings. The van der Waals surface area contributed by atoms with Crippen LogP contribution in [-0.4, -0.2) is 44.5 Å². The van der Waals surface area contributed by atoms with Gasteiger partial charge in [-0.15, -0.1) is 16.7 Å². The Labute approximate surface area is 233 Å². The van der Waals surface area contributed by atoms with E-state index in [1.54, 1.807) is 0 Å². The zero-order valence-electron chi connectivity index (χ0n) is 22.7. The van der Waals surface area contributed by atoms with Gasteiger partial charge in [0.25, 0.3) is 0 Å². The molecule has 0 bridgehead atoms. The number of alkyl halides is 1. The summed E-state index contributed by atoms with van der Waals surface area (Å²) in [5.74, 6) is -0.776. The molecule has 3 atom stereocenters. The van der Waals surface area contributed by atoms with Crippen molar-refractivity contribution in [3.05, 3.63) is 94.0 Å². The fraction of sp³-hybridized carbons (Fsp3) is 0.355. The van der Waals surface area contributed by atoms with Gasteiger partial charge in [0, 0.05) is 24.3 Å². The number of cyclic esters (lactones) is 1. The Kier molecular flexibility index (Phi) is 7.71. The van der Waals surface area contributed by atoms with Crippen molar-refractivity contribution < 1.29 is 14.3 Å². The van der Waals surface area contributed by atoms with Crippen LogP contribution in [0, 0.1) is 19.8 Å². The lowest BCUT2D eigenvalue weighted by Crippen LogP contribution is -2.44. The van der Waals surface area contributed by atoms with Crippen LogP contribution in [0.15, 0.2) is 60.7 Å². The maximum Gasteiger partial charge on any atom is 0.416 e. The van der Waals surface area contributed by atoms with E-state index >= 15 is 0 Å². The lowest BCUT2D eigenvalue weighted by Gasteiger charge is -2.30. The number of aromatic nitrogens is 3. The van der Waals surface area contributed by atoms with Crippen LogP contribution in [0.5, 0.6) is 0 Å². The standard InChI is InChI=1S/C31H33ClN4O3/c1-5-35-27-14-13-26(20(3)29(27)33-34-35)28(23-12-11-19(2)24(16-23)17-32)21(4)30(37)36-25(18-39-31(36)38)15-22-9-7-6-8-10-22/h6-14,16,21,25,28H,5,15,17-18H2,1-4H3/t21-,25?,28+/m1/s1. The smallest absolute Gasteiger partial charge is 0.416 e. The molecule has 1 unspecified atom stereocenters. The lowest BCUT2D eigenvalue weighted by atomic mass is 9.78. The maximum absolute atomic E-state index is 14.2. The minimum absolute atomic E-state index is 0.183. The van der Waals surface area contributed by atoms with Crippen molar-refractivity contribution in [1.29, 1.82) is 0 Å². The minimum atomic E-state index is -0.588. The predicted molar refractivity (Wildman–Crippen MR) is 152 cm³/mol. The van der Waals surface area contributed by atoms with E-state index in [-0.39, 0.29) is 24.5 Å². The molecule has 4 aromatic rings. The molecule has 8 heteroatoms. The van der Waals surface area contributed by atoms with Gasteiger partial charge in [0.2, 0.25) is 5.91 Å². The molecular weight excluding hydrogens is 512 g/mol. The number of rotatable bonds is 8. The Hall–Kier alpha value is -3.71. The second-order valence-electron chi connectivity index (χ2n) is 10.3. The number of carbonyl (C=O) groups excluding carboxylic acids is 2. The number of amides is 2. The fourth-order valence-corrected chi connectivity index (χ4v) is 5.94. The average molecular weight is 545 g/mol. The van der Waals surface area contributed by atoms with Gasteiger partial charge < -0.3 is 4.74 Å². The molecule has 5 rings (SSSR count). The molecule has 39 heavy (non-hydrogen) atoms. The van der Waals surface area contributed by atoms with Crippen LogP contribution in [0.1, 0.15) is 53.1 Å². The van der Waals surface area contributed by atoms with Crippen LogP contribution >= 0.6 is 11.6 Å². The van der Waals surface area contributed by atoms with Gasteiger partial charge in [0.1, 0.15) is 12.1 Å². The summed E-state index contributed by atoms with van der Waals surface area (Å²) in [6.07, 6.45) is -0.0446.